The van der Waals surface area contributed by atoms with Crippen LogP contribution in [-0.2, 0) is 4.74 Å². The standard InChI is InChI=1S/C16H23NO2/c1-4-18-10-6-9-14(17-3)15-11-13-8-5-7-12(2)16(13)19-15/h5,7-8,11,14,17H,4,6,9-10H2,1-3H3. The van der Waals surface area contributed by atoms with Gasteiger partial charge >= 0.3 is 0 Å². The van der Waals surface area contributed by atoms with Crippen LogP contribution in [0, 0.1) is 6.92 Å². The first kappa shape index (κ1) is 14.1. The Morgan fingerprint density at radius 3 is 2.89 bits per heavy atom. The van der Waals surface area contributed by atoms with Crippen LogP contribution in [0.3, 0.4) is 0 Å². The quantitative estimate of drug-likeness (QED) is 0.769. The molecule has 1 aromatic heterocycles. The van der Waals surface area contributed by atoms with Gasteiger partial charge in [-0.05, 0) is 45.4 Å². The number of hydrogen-bond donors (Lipinski definition) is 1. The summed E-state index contributed by atoms with van der Waals surface area (Å²) in [5.41, 5.74) is 2.19. The highest BCUT2D eigenvalue weighted by molar-refractivity contribution is 5.80. The summed E-state index contributed by atoms with van der Waals surface area (Å²) < 4.78 is 11.4. The third kappa shape index (κ3) is 3.37. The van der Waals surface area contributed by atoms with Gasteiger partial charge in [-0.3, -0.25) is 0 Å². The summed E-state index contributed by atoms with van der Waals surface area (Å²) in [6.45, 7) is 5.71. The zero-order valence-electron chi connectivity index (χ0n) is 12.0. The van der Waals surface area contributed by atoms with Crippen molar-refractivity contribution in [1.82, 2.24) is 5.32 Å². The van der Waals surface area contributed by atoms with E-state index in [1.807, 2.05) is 14.0 Å². The first-order valence-corrected chi connectivity index (χ1v) is 7.00. The fourth-order valence-corrected chi connectivity index (χ4v) is 2.36. The second-order valence-electron chi connectivity index (χ2n) is 4.82. The number of hydrogen-bond acceptors (Lipinski definition) is 3. The largest absolute Gasteiger partial charge is 0.459 e. The van der Waals surface area contributed by atoms with Gasteiger partial charge in [0, 0.05) is 18.6 Å². The smallest absolute Gasteiger partial charge is 0.137 e. The van der Waals surface area contributed by atoms with Crippen LogP contribution in [-0.4, -0.2) is 20.3 Å². The molecule has 0 aliphatic heterocycles. The van der Waals surface area contributed by atoms with Gasteiger partial charge in [0.05, 0.1) is 6.04 Å². The van der Waals surface area contributed by atoms with E-state index in [1.165, 1.54) is 10.9 Å². The highest BCUT2D eigenvalue weighted by atomic mass is 16.5. The van der Waals surface area contributed by atoms with Gasteiger partial charge in [-0.2, -0.15) is 0 Å². The molecule has 0 aliphatic carbocycles. The van der Waals surface area contributed by atoms with Crippen molar-refractivity contribution >= 4 is 11.0 Å². The Kier molecular flexibility index (Phi) is 5.00. The van der Waals surface area contributed by atoms with Crippen LogP contribution < -0.4 is 5.32 Å². The van der Waals surface area contributed by atoms with Crippen molar-refractivity contribution < 1.29 is 9.15 Å². The first-order chi connectivity index (χ1) is 9.26. The van der Waals surface area contributed by atoms with Crippen LogP contribution in [0.4, 0.5) is 0 Å². The van der Waals surface area contributed by atoms with Gasteiger partial charge in [0.25, 0.3) is 0 Å². The average molecular weight is 261 g/mol. The van der Waals surface area contributed by atoms with Gasteiger partial charge in [0.1, 0.15) is 11.3 Å². The summed E-state index contributed by atoms with van der Waals surface area (Å²) >= 11 is 0. The summed E-state index contributed by atoms with van der Waals surface area (Å²) in [6, 6.07) is 8.65. The molecular weight excluding hydrogens is 238 g/mol. The van der Waals surface area contributed by atoms with Crippen molar-refractivity contribution in [2.45, 2.75) is 32.7 Å². The van der Waals surface area contributed by atoms with E-state index in [0.717, 1.165) is 37.4 Å². The number of fused-ring (bicyclic) bond motifs is 1. The van der Waals surface area contributed by atoms with Crippen LogP contribution in [0.25, 0.3) is 11.0 Å². The minimum absolute atomic E-state index is 0.257. The monoisotopic (exact) mass is 261 g/mol. The van der Waals surface area contributed by atoms with Crippen LogP contribution in [0.15, 0.2) is 28.7 Å². The third-order valence-electron chi connectivity index (χ3n) is 3.44. The number of para-hydroxylation sites is 1. The SMILES string of the molecule is CCOCCCC(NC)c1cc2cccc(C)c2o1. The summed E-state index contributed by atoms with van der Waals surface area (Å²) in [6.07, 6.45) is 2.06. The maximum Gasteiger partial charge on any atom is 0.137 e. The lowest BCUT2D eigenvalue weighted by Gasteiger charge is -2.13. The Bertz CT molecular complexity index is 518. The minimum Gasteiger partial charge on any atom is -0.459 e. The molecule has 0 aliphatic rings. The van der Waals surface area contributed by atoms with Crippen molar-refractivity contribution in [1.29, 1.82) is 0 Å². The molecule has 0 bridgehead atoms. The van der Waals surface area contributed by atoms with Crippen molar-refractivity contribution in [2.75, 3.05) is 20.3 Å². The zero-order chi connectivity index (χ0) is 13.7. The van der Waals surface area contributed by atoms with Gasteiger partial charge in [0.2, 0.25) is 0 Å². The lowest BCUT2D eigenvalue weighted by Crippen LogP contribution is -2.16. The second-order valence-corrected chi connectivity index (χ2v) is 4.82. The Balaban J connectivity index is 2.10. The molecule has 1 atom stereocenters. The topological polar surface area (TPSA) is 34.4 Å². The number of benzene rings is 1. The predicted molar refractivity (Wildman–Crippen MR) is 78.5 cm³/mol. The maximum absolute atomic E-state index is 6.01. The molecule has 1 heterocycles. The summed E-state index contributed by atoms with van der Waals surface area (Å²) in [7, 11) is 1.98. The summed E-state index contributed by atoms with van der Waals surface area (Å²) in [5.74, 6) is 1.02. The maximum atomic E-state index is 6.01. The molecule has 2 rings (SSSR count). The van der Waals surface area contributed by atoms with Gasteiger partial charge in [0.15, 0.2) is 0 Å². The number of furan rings is 1. The Morgan fingerprint density at radius 2 is 2.21 bits per heavy atom. The summed E-state index contributed by atoms with van der Waals surface area (Å²) in [4.78, 5) is 0. The molecule has 1 N–H and O–H groups in total. The fraction of sp³-hybridized carbons (Fsp3) is 0.500. The van der Waals surface area contributed by atoms with E-state index in [2.05, 4.69) is 36.5 Å². The third-order valence-corrected chi connectivity index (χ3v) is 3.44. The molecule has 0 fully saturated rings. The first-order valence-electron chi connectivity index (χ1n) is 7.00. The summed E-state index contributed by atoms with van der Waals surface area (Å²) in [5, 5.41) is 4.51. The van der Waals surface area contributed by atoms with E-state index in [4.69, 9.17) is 9.15 Å². The van der Waals surface area contributed by atoms with Gasteiger partial charge < -0.3 is 14.5 Å². The van der Waals surface area contributed by atoms with Crippen molar-refractivity contribution in [3.63, 3.8) is 0 Å². The van der Waals surface area contributed by atoms with Crippen molar-refractivity contribution in [3.05, 3.63) is 35.6 Å². The Morgan fingerprint density at radius 1 is 1.37 bits per heavy atom. The molecule has 3 heteroatoms. The van der Waals surface area contributed by atoms with Crippen LogP contribution in [0.2, 0.25) is 0 Å². The molecule has 2 aromatic rings. The fourth-order valence-electron chi connectivity index (χ4n) is 2.36. The van der Waals surface area contributed by atoms with Gasteiger partial charge in [-0.15, -0.1) is 0 Å². The molecule has 1 unspecified atom stereocenters. The molecule has 0 radical (unpaired) electrons. The van der Waals surface area contributed by atoms with Crippen LogP contribution >= 0.6 is 0 Å². The number of nitrogens with one attached hydrogen (secondary N) is 1. The second kappa shape index (κ2) is 6.73. The van der Waals surface area contributed by atoms with E-state index < -0.39 is 0 Å². The molecule has 3 nitrogen and oxygen atoms in total. The lowest BCUT2D eigenvalue weighted by atomic mass is 10.1. The molecule has 0 spiro atoms. The van der Waals surface area contributed by atoms with E-state index >= 15 is 0 Å². The minimum atomic E-state index is 0.257. The molecule has 0 saturated heterocycles. The normalized spacial score (nSPS) is 13.0. The Hall–Kier alpha value is -1.32. The highest BCUT2D eigenvalue weighted by Gasteiger charge is 2.14. The molecule has 0 amide bonds. The van der Waals surface area contributed by atoms with Crippen LogP contribution in [0.5, 0.6) is 0 Å². The lowest BCUT2D eigenvalue weighted by molar-refractivity contribution is 0.140. The molecule has 1 aromatic carbocycles. The van der Waals surface area contributed by atoms with E-state index in [9.17, 15) is 0 Å². The Labute approximate surface area is 114 Å². The van der Waals surface area contributed by atoms with Crippen LogP contribution in [0.1, 0.15) is 37.1 Å². The van der Waals surface area contributed by atoms with E-state index in [-0.39, 0.29) is 6.04 Å². The van der Waals surface area contributed by atoms with Crippen molar-refractivity contribution in [2.24, 2.45) is 0 Å². The number of rotatable bonds is 7. The zero-order valence-corrected chi connectivity index (χ0v) is 12.0. The average Bonchev–Trinajstić information content (AvgIpc) is 2.84. The van der Waals surface area contributed by atoms with E-state index in [0.29, 0.717) is 0 Å². The highest BCUT2D eigenvalue weighted by Crippen LogP contribution is 2.28. The number of ether oxygens (including phenoxy) is 1. The molecule has 19 heavy (non-hydrogen) atoms. The predicted octanol–water partition coefficient (Wildman–Crippen LogP) is 3.82. The van der Waals surface area contributed by atoms with E-state index in [1.54, 1.807) is 0 Å². The van der Waals surface area contributed by atoms with Gasteiger partial charge in [-0.25, -0.2) is 0 Å². The van der Waals surface area contributed by atoms with Gasteiger partial charge in [-0.1, -0.05) is 18.2 Å². The number of aryl methyl sites for hydroxylation is 1. The molecule has 104 valence electrons. The molecular formula is C16H23NO2. The van der Waals surface area contributed by atoms with Crippen molar-refractivity contribution in [3.8, 4) is 0 Å². The molecule has 0 saturated carbocycles.